The fourth-order valence-corrected chi connectivity index (χ4v) is 6.96. The van der Waals surface area contributed by atoms with Gasteiger partial charge < -0.3 is 0 Å². The summed E-state index contributed by atoms with van der Waals surface area (Å²) < 4.78 is 39.0. The summed E-state index contributed by atoms with van der Waals surface area (Å²) in [6, 6.07) is 19.8. The lowest BCUT2D eigenvalue weighted by atomic mass is 9.55. The van der Waals surface area contributed by atoms with Gasteiger partial charge in [-0.15, -0.1) is 0 Å². The van der Waals surface area contributed by atoms with Gasteiger partial charge in [-0.05, 0) is 40.5 Å². The Hall–Kier alpha value is -2.93. The largest absolute Gasteiger partial charge is 0.416 e. The number of rotatable bonds is 1. The topological polar surface area (TPSA) is 37.4 Å². The van der Waals surface area contributed by atoms with Crippen molar-refractivity contribution in [3.05, 3.63) is 101 Å². The van der Waals surface area contributed by atoms with Gasteiger partial charge in [-0.3, -0.25) is 9.59 Å². The van der Waals surface area contributed by atoms with Crippen LogP contribution in [0.2, 0.25) is 0 Å². The number of benzene rings is 3. The van der Waals surface area contributed by atoms with Gasteiger partial charge in [-0.1, -0.05) is 70.5 Å². The second-order valence-electron chi connectivity index (χ2n) is 8.43. The standard InChI is InChI=1S/C25H15BrF3NO2/c26-24-17-10-3-1-8-15(17)19(16-9-2-4-11-18(16)24)20-21(24)23(32)30(22(20)31)14-7-5-6-13(12-14)25(27,28)29/h1-12,19-21H/t19?,20-,21-,24?/m1/s1. The van der Waals surface area contributed by atoms with E-state index in [1.807, 2.05) is 48.5 Å². The van der Waals surface area contributed by atoms with E-state index in [4.69, 9.17) is 0 Å². The number of carbonyl (C=O) groups is 2. The molecule has 0 saturated carbocycles. The summed E-state index contributed by atoms with van der Waals surface area (Å²) in [6.45, 7) is 0. The first-order valence-electron chi connectivity index (χ1n) is 10.2. The van der Waals surface area contributed by atoms with Gasteiger partial charge in [0.05, 0.1) is 27.4 Å². The van der Waals surface area contributed by atoms with Crippen molar-refractivity contribution in [3.8, 4) is 0 Å². The van der Waals surface area contributed by atoms with Crippen molar-refractivity contribution in [1.29, 1.82) is 0 Å². The normalized spacial score (nSPS) is 27.9. The van der Waals surface area contributed by atoms with Gasteiger partial charge in [0.1, 0.15) is 0 Å². The van der Waals surface area contributed by atoms with E-state index in [9.17, 15) is 22.8 Å². The lowest BCUT2D eigenvalue weighted by molar-refractivity contribution is -0.137. The highest BCUT2D eigenvalue weighted by Gasteiger charge is 2.67. The highest BCUT2D eigenvalue weighted by molar-refractivity contribution is 9.09. The molecule has 0 N–H and O–H groups in total. The molecule has 7 heteroatoms. The van der Waals surface area contributed by atoms with Gasteiger partial charge >= 0.3 is 6.18 Å². The zero-order valence-electron chi connectivity index (χ0n) is 16.4. The maximum absolute atomic E-state index is 13.7. The third-order valence-corrected chi connectivity index (χ3v) is 8.29. The minimum atomic E-state index is -4.57. The molecule has 2 amide bonds. The number of hydrogen-bond acceptors (Lipinski definition) is 2. The van der Waals surface area contributed by atoms with Crippen LogP contribution < -0.4 is 4.90 Å². The van der Waals surface area contributed by atoms with Crippen LogP contribution in [-0.4, -0.2) is 11.8 Å². The summed E-state index contributed by atoms with van der Waals surface area (Å²) in [5.41, 5.74) is 2.85. The Morgan fingerprint density at radius 2 is 1.41 bits per heavy atom. The molecule has 0 radical (unpaired) electrons. The van der Waals surface area contributed by atoms with Crippen molar-refractivity contribution >= 4 is 33.4 Å². The van der Waals surface area contributed by atoms with Gasteiger partial charge in [-0.25, -0.2) is 4.90 Å². The van der Waals surface area contributed by atoms with E-state index >= 15 is 0 Å². The molecule has 4 aliphatic rings. The van der Waals surface area contributed by atoms with Gasteiger partial charge in [0.15, 0.2) is 0 Å². The van der Waals surface area contributed by atoms with Crippen LogP contribution in [0, 0.1) is 11.8 Å². The van der Waals surface area contributed by atoms with Crippen molar-refractivity contribution in [2.75, 3.05) is 4.90 Å². The highest BCUT2D eigenvalue weighted by Crippen LogP contribution is 2.66. The summed E-state index contributed by atoms with van der Waals surface area (Å²) in [4.78, 5) is 28.3. The Kier molecular flexibility index (Phi) is 3.89. The summed E-state index contributed by atoms with van der Waals surface area (Å²) >= 11 is 3.87. The third kappa shape index (κ3) is 2.32. The van der Waals surface area contributed by atoms with Crippen molar-refractivity contribution in [2.24, 2.45) is 11.8 Å². The number of halogens is 4. The summed E-state index contributed by atoms with van der Waals surface area (Å²) in [5.74, 6) is -2.72. The number of nitrogens with zero attached hydrogens (tertiary/aromatic N) is 1. The summed E-state index contributed by atoms with van der Waals surface area (Å²) in [5, 5.41) is 0. The van der Waals surface area contributed by atoms with Crippen LogP contribution in [0.5, 0.6) is 0 Å². The Bertz CT molecular complexity index is 1270. The monoisotopic (exact) mass is 497 g/mol. The molecule has 3 nitrogen and oxygen atoms in total. The SMILES string of the molecule is O=C1[C@@H]2C3c4ccccc4C(Br)(c4ccccc43)[C@H]2C(=O)N1c1cccc(C(F)(F)F)c1. The second-order valence-corrected chi connectivity index (χ2v) is 9.68. The van der Waals surface area contributed by atoms with Crippen LogP contribution in [0.3, 0.4) is 0 Å². The Morgan fingerprint density at radius 1 is 0.812 bits per heavy atom. The first-order chi connectivity index (χ1) is 15.2. The van der Waals surface area contributed by atoms with Crippen LogP contribution in [0.25, 0.3) is 0 Å². The quantitative estimate of drug-likeness (QED) is 0.323. The predicted molar refractivity (Wildman–Crippen MR) is 115 cm³/mol. The molecule has 1 aliphatic heterocycles. The summed E-state index contributed by atoms with van der Waals surface area (Å²) in [7, 11) is 0. The lowest BCUT2D eigenvalue weighted by Crippen LogP contribution is -2.50. The Balaban J connectivity index is 1.56. The number of hydrogen-bond donors (Lipinski definition) is 0. The summed E-state index contributed by atoms with van der Waals surface area (Å²) in [6.07, 6.45) is -4.57. The molecule has 1 fully saturated rings. The lowest BCUT2D eigenvalue weighted by Gasteiger charge is -2.51. The van der Waals surface area contributed by atoms with Gasteiger partial charge in [0.2, 0.25) is 11.8 Å². The van der Waals surface area contributed by atoms with E-state index in [1.54, 1.807) is 0 Å². The Labute approximate surface area is 190 Å². The van der Waals surface area contributed by atoms with Crippen LogP contribution >= 0.6 is 15.9 Å². The van der Waals surface area contributed by atoms with E-state index in [1.165, 1.54) is 12.1 Å². The molecule has 3 aromatic carbocycles. The van der Waals surface area contributed by atoms with Crippen molar-refractivity contribution in [3.63, 3.8) is 0 Å². The predicted octanol–water partition coefficient (Wildman–Crippen LogP) is 5.61. The van der Waals surface area contributed by atoms with Crippen LogP contribution in [0.1, 0.15) is 33.7 Å². The smallest absolute Gasteiger partial charge is 0.274 e. The molecule has 3 aromatic rings. The zero-order chi connectivity index (χ0) is 22.4. The van der Waals surface area contributed by atoms with Crippen molar-refractivity contribution < 1.29 is 22.8 Å². The molecular weight excluding hydrogens is 483 g/mol. The molecule has 2 atom stereocenters. The molecule has 7 rings (SSSR count). The van der Waals surface area contributed by atoms with E-state index in [2.05, 4.69) is 15.9 Å². The average Bonchev–Trinajstić information content (AvgIpc) is 3.05. The van der Waals surface area contributed by atoms with Gasteiger partial charge in [-0.2, -0.15) is 13.2 Å². The van der Waals surface area contributed by atoms with Crippen molar-refractivity contribution in [2.45, 2.75) is 16.4 Å². The van der Waals surface area contributed by atoms with Gasteiger partial charge in [0.25, 0.3) is 0 Å². The van der Waals surface area contributed by atoms with E-state index in [0.29, 0.717) is 0 Å². The molecule has 0 unspecified atom stereocenters. The molecular formula is C25H15BrF3NO2. The Morgan fingerprint density at radius 3 is 2.00 bits per heavy atom. The maximum atomic E-state index is 13.7. The van der Waals surface area contributed by atoms with E-state index in [0.717, 1.165) is 39.3 Å². The molecule has 3 aliphatic carbocycles. The fourth-order valence-electron chi connectivity index (χ4n) is 5.75. The van der Waals surface area contributed by atoms with Gasteiger partial charge in [0, 0.05) is 5.92 Å². The first-order valence-corrected chi connectivity index (χ1v) is 11.0. The minimum Gasteiger partial charge on any atom is -0.274 e. The van der Waals surface area contributed by atoms with E-state index < -0.39 is 39.7 Å². The number of amides is 2. The van der Waals surface area contributed by atoms with Crippen LogP contribution in [0.15, 0.2) is 72.8 Å². The zero-order valence-corrected chi connectivity index (χ0v) is 18.0. The number of imide groups is 1. The molecule has 0 spiro atoms. The molecule has 2 bridgehead atoms. The number of anilines is 1. The highest BCUT2D eigenvalue weighted by atomic mass is 79.9. The second kappa shape index (κ2) is 6.32. The molecule has 1 saturated heterocycles. The number of carbonyl (C=O) groups excluding carboxylic acids is 2. The van der Waals surface area contributed by atoms with Crippen molar-refractivity contribution in [1.82, 2.24) is 0 Å². The molecule has 160 valence electrons. The van der Waals surface area contributed by atoms with Crippen LogP contribution in [-0.2, 0) is 20.1 Å². The maximum Gasteiger partial charge on any atom is 0.416 e. The number of alkyl halides is 4. The molecule has 1 heterocycles. The fraction of sp³-hybridized carbons (Fsp3) is 0.200. The minimum absolute atomic E-state index is 0.0483. The van der Waals surface area contributed by atoms with E-state index in [-0.39, 0.29) is 11.6 Å². The first kappa shape index (κ1) is 19.7. The third-order valence-electron chi connectivity index (χ3n) is 6.95. The molecule has 32 heavy (non-hydrogen) atoms. The molecule has 0 aromatic heterocycles. The average molecular weight is 498 g/mol. The van der Waals surface area contributed by atoms with Crippen LogP contribution in [0.4, 0.5) is 18.9 Å².